The molecule has 0 radical (unpaired) electrons. The average molecular weight is 289 g/mol. The van der Waals surface area contributed by atoms with Crippen LogP contribution in [0.3, 0.4) is 0 Å². The number of carbonyl (C=O) groups is 1. The summed E-state index contributed by atoms with van der Waals surface area (Å²) in [6.45, 7) is 2.76. The second-order valence-corrected chi connectivity index (χ2v) is 5.13. The number of hydrogen-bond acceptors (Lipinski definition) is 4. The molecule has 0 bridgehead atoms. The third-order valence-corrected chi connectivity index (χ3v) is 3.45. The van der Waals surface area contributed by atoms with Crippen LogP contribution in [0.5, 0.6) is 0 Å². The molecular weight excluding hydrogens is 273 g/mol. The number of rotatable bonds is 4. The number of nitrogens with one attached hydrogen (secondary N) is 1. The topological polar surface area (TPSA) is 58.4 Å². The van der Waals surface area contributed by atoms with Gasteiger partial charge < -0.3 is 9.84 Å². The number of carbonyl (C=O) groups excluding carboxylic acids is 1. The van der Waals surface area contributed by atoms with Gasteiger partial charge in [-0.1, -0.05) is 11.2 Å². The molecule has 0 aliphatic carbocycles. The van der Waals surface area contributed by atoms with Gasteiger partial charge in [-0.25, -0.2) is 4.39 Å². The molecule has 21 heavy (non-hydrogen) atoms. The van der Waals surface area contributed by atoms with Gasteiger partial charge in [-0.2, -0.15) is 0 Å². The Kier molecular flexibility index (Phi) is 3.96. The number of nitrogens with zero attached hydrogens (tertiary/aromatic N) is 2. The third-order valence-electron chi connectivity index (χ3n) is 3.45. The first-order valence-electron chi connectivity index (χ1n) is 6.95. The molecule has 0 spiro atoms. The van der Waals surface area contributed by atoms with Crippen LogP contribution in [0.4, 0.5) is 10.1 Å². The lowest BCUT2D eigenvalue weighted by Gasteiger charge is -2.10. The van der Waals surface area contributed by atoms with Gasteiger partial charge in [0.2, 0.25) is 0 Å². The van der Waals surface area contributed by atoms with E-state index in [-0.39, 0.29) is 5.69 Å². The summed E-state index contributed by atoms with van der Waals surface area (Å²) in [5.41, 5.74) is 0.595. The normalized spacial score (nSPS) is 15.3. The average Bonchev–Trinajstić information content (AvgIpc) is 3.11. The summed E-state index contributed by atoms with van der Waals surface area (Å²) in [6, 6.07) is 7.36. The maximum atomic E-state index is 13.1. The van der Waals surface area contributed by atoms with Gasteiger partial charge in [-0.15, -0.1) is 0 Å². The quantitative estimate of drug-likeness (QED) is 0.940. The van der Waals surface area contributed by atoms with Gasteiger partial charge in [0, 0.05) is 11.8 Å². The van der Waals surface area contributed by atoms with Crippen molar-refractivity contribution in [3.8, 4) is 0 Å². The van der Waals surface area contributed by atoms with E-state index in [1.54, 1.807) is 12.1 Å². The number of benzene rings is 1. The van der Waals surface area contributed by atoms with Gasteiger partial charge in [0.05, 0.1) is 6.54 Å². The lowest BCUT2D eigenvalue weighted by Crippen LogP contribution is -2.18. The molecule has 1 aliphatic heterocycles. The summed E-state index contributed by atoms with van der Waals surface area (Å²) >= 11 is 0. The van der Waals surface area contributed by atoms with Crippen molar-refractivity contribution in [2.24, 2.45) is 0 Å². The Morgan fingerprint density at radius 1 is 1.33 bits per heavy atom. The van der Waals surface area contributed by atoms with E-state index in [1.807, 2.05) is 0 Å². The molecule has 3 rings (SSSR count). The number of hydrogen-bond donors (Lipinski definition) is 1. The van der Waals surface area contributed by atoms with Crippen LogP contribution in [-0.4, -0.2) is 29.1 Å². The van der Waals surface area contributed by atoms with Crippen molar-refractivity contribution in [3.63, 3.8) is 0 Å². The number of anilines is 1. The van der Waals surface area contributed by atoms with Gasteiger partial charge in [0.25, 0.3) is 5.91 Å². The summed E-state index contributed by atoms with van der Waals surface area (Å²) < 4.78 is 18.2. The van der Waals surface area contributed by atoms with Crippen LogP contribution in [0, 0.1) is 5.82 Å². The SMILES string of the molecule is O=C(Nc1cccc(F)c1)c1cc(CN2CCCC2)on1. The van der Waals surface area contributed by atoms with Crippen LogP contribution < -0.4 is 5.32 Å². The van der Waals surface area contributed by atoms with Crippen molar-refractivity contribution in [1.82, 2.24) is 10.1 Å². The molecule has 6 heteroatoms. The summed E-state index contributed by atoms with van der Waals surface area (Å²) in [4.78, 5) is 14.3. The van der Waals surface area contributed by atoms with E-state index in [4.69, 9.17) is 4.52 Å². The van der Waals surface area contributed by atoms with Crippen LogP contribution in [0.2, 0.25) is 0 Å². The highest BCUT2D eigenvalue weighted by atomic mass is 19.1. The molecule has 0 saturated carbocycles. The van der Waals surface area contributed by atoms with Crippen molar-refractivity contribution in [2.75, 3.05) is 18.4 Å². The van der Waals surface area contributed by atoms with Crippen LogP contribution >= 0.6 is 0 Å². The monoisotopic (exact) mass is 289 g/mol. The lowest BCUT2D eigenvalue weighted by atomic mass is 10.3. The molecule has 2 aromatic rings. The Morgan fingerprint density at radius 2 is 2.14 bits per heavy atom. The van der Waals surface area contributed by atoms with Crippen molar-refractivity contribution < 1.29 is 13.7 Å². The second kappa shape index (κ2) is 6.05. The molecular formula is C15H16FN3O2. The molecule has 1 saturated heterocycles. The maximum absolute atomic E-state index is 13.1. The zero-order chi connectivity index (χ0) is 14.7. The van der Waals surface area contributed by atoms with E-state index in [9.17, 15) is 9.18 Å². The summed E-state index contributed by atoms with van der Waals surface area (Å²) in [5, 5.41) is 6.36. The van der Waals surface area contributed by atoms with Crippen LogP contribution in [-0.2, 0) is 6.54 Å². The second-order valence-electron chi connectivity index (χ2n) is 5.13. The fraction of sp³-hybridized carbons (Fsp3) is 0.333. The Hall–Kier alpha value is -2.21. The first-order chi connectivity index (χ1) is 10.2. The molecule has 0 atom stereocenters. The summed E-state index contributed by atoms with van der Waals surface area (Å²) in [7, 11) is 0. The molecule has 1 aromatic heterocycles. The predicted octanol–water partition coefficient (Wildman–Crippen LogP) is 2.66. The van der Waals surface area contributed by atoms with E-state index >= 15 is 0 Å². The van der Waals surface area contributed by atoms with E-state index < -0.39 is 11.7 Å². The number of likely N-dealkylation sites (tertiary alicyclic amines) is 1. The highest BCUT2D eigenvalue weighted by molar-refractivity contribution is 6.02. The number of aromatic nitrogens is 1. The van der Waals surface area contributed by atoms with E-state index in [1.165, 1.54) is 31.0 Å². The zero-order valence-electron chi connectivity index (χ0n) is 11.5. The van der Waals surface area contributed by atoms with E-state index in [0.29, 0.717) is 18.0 Å². The first-order valence-corrected chi connectivity index (χ1v) is 6.95. The fourth-order valence-electron chi connectivity index (χ4n) is 2.42. The smallest absolute Gasteiger partial charge is 0.277 e. The van der Waals surface area contributed by atoms with E-state index in [0.717, 1.165) is 13.1 Å². The third kappa shape index (κ3) is 3.46. The highest BCUT2D eigenvalue weighted by Gasteiger charge is 2.17. The lowest BCUT2D eigenvalue weighted by molar-refractivity contribution is 0.101. The van der Waals surface area contributed by atoms with E-state index in [2.05, 4.69) is 15.4 Å². The Morgan fingerprint density at radius 3 is 2.90 bits per heavy atom. The highest BCUT2D eigenvalue weighted by Crippen LogP contribution is 2.15. The Labute approximate surface area is 121 Å². The molecule has 1 N–H and O–H groups in total. The zero-order valence-corrected chi connectivity index (χ0v) is 11.5. The summed E-state index contributed by atoms with van der Waals surface area (Å²) in [6.07, 6.45) is 2.39. The van der Waals surface area contributed by atoms with Crippen LogP contribution in [0.1, 0.15) is 29.1 Å². The van der Waals surface area contributed by atoms with Gasteiger partial charge >= 0.3 is 0 Å². The minimum atomic E-state index is -0.406. The molecule has 1 aromatic carbocycles. The molecule has 1 amide bonds. The minimum Gasteiger partial charge on any atom is -0.359 e. The van der Waals surface area contributed by atoms with Gasteiger partial charge in [-0.3, -0.25) is 9.69 Å². The molecule has 1 fully saturated rings. The van der Waals surface area contributed by atoms with Crippen molar-refractivity contribution >= 4 is 11.6 Å². The van der Waals surface area contributed by atoms with Crippen molar-refractivity contribution in [3.05, 3.63) is 47.6 Å². The number of halogens is 1. The van der Waals surface area contributed by atoms with Crippen LogP contribution in [0.25, 0.3) is 0 Å². The predicted molar refractivity (Wildman–Crippen MR) is 75.4 cm³/mol. The fourth-order valence-corrected chi connectivity index (χ4v) is 2.42. The van der Waals surface area contributed by atoms with Gasteiger partial charge in [0.15, 0.2) is 11.5 Å². The largest absolute Gasteiger partial charge is 0.359 e. The standard InChI is InChI=1S/C15H16FN3O2/c16-11-4-3-5-12(8-11)17-15(20)14-9-13(21-18-14)10-19-6-1-2-7-19/h3-5,8-9H,1-2,6-7,10H2,(H,17,20). The molecule has 5 nitrogen and oxygen atoms in total. The van der Waals surface area contributed by atoms with Crippen molar-refractivity contribution in [2.45, 2.75) is 19.4 Å². The van der Waals surface area contributed by atoms with Crippen LogP contribution in [0.15, 0.2) is 34.9 Å². The first kappa shape index (κ1) is 13.8. The Balaban J connectivity index is 1.63. The summed E-state index contributed by atoms with van der Waals surface area (Å²) in [5.74, 6) is -0.138. The molecule has 110 valence electrons. The minimum absolute atomic E-state index is 0.202. The van der Waals surface area contributed by atoms with Gasteiger partial charge in [-0.05, 0) is 44.1 Å². The molecule has 2 heterocycles. The van der Waals surface area contributed by atoms with Gasteiger partial charge in [0.1, 0.15) is 5.82 Å². The molecule has 1 aliphatic rings. The molecule has 0 unspecified atom stereocenters. The maximum Gasteiger partial charge on any atom is 0.277 e. The Bertz CT molecular complexity index is 635. The number of amides is 1. The van der Waals surface area contributed by atoms with Crippen molar-refractivity contribution in [1.29, 1.82) is 0 Å².